The standard InChI is InChI=1S/C43H28N4O/c1-2-13-27(14-3-1)30-17-6-7-20-34(30)41-44-42(35-22-12-21-33-32-19-9-11-24-39(32)48-40(33)35)46-43(45-41)47-37-23-10-8-18-31(37)36-25-28-15-4-5-16-29(28)26-38(36)47/h1-26,32,39H. The number of aromatic nitrogens is 4. The second-order valence-corrected chi connectivity index (χ2v) is 12.4. The Labute approximate surface area is 277 Å². The van der Waals surface area contributed by atoms with E-state index >= 15 is 0 Å². The number of benzene rings is 6. The van der Waals surface area contributed by atoms with Crippen LogP contribution in [0, 0.1) is 0 Å². The second-order valence-electron chi connectivity index (χ2n) is 12.4. The first kappa shape index (κ1) is 26.8. The lowest BCUT2D eigenvalue weighted by Gasteiger charge is -2.15. The van der Waals surface area contributed by atoms with Crippen molar-refractivity contribution in [2.75, 3.05) is 0 Å². The fourth-order valence-corrected chi connectivity index (χ4v) is 7.36. The predicted octanol–water partition coefficient (Wildman–Crippen LogP) is 10.1. The third kappa shape index (κ3) is 4.14. The SMILES string of the molecule is C1=CC2Oc3c(-c4nc(-c5ccccc5-c5ccccc5)nc(-n5c6ccccc6c6cc7ccccc7cc65)n4)cccc3C2C=C1. The maximum Gasteiger partial charge on any atom is 0.238 e. The molecule has 2 aliphatic rings. The van der Waals surface area contributed by atoms with E-state index in [1.165, 1.54) is 5.39 Å². The molecular weight excluding hydrogens is 589 g/mol. The molecule has 5 heteroatoms. The summed E-state index contributed by atoms with van der Waals surface area (Å²) in [6.45, 7) is 0. The molecule has 0 radical (unpaired) electrons. The summed E-state index contributed by atoms with van der Waals surface area (Å²) in [7, 11) is 0. The molecule has 0 saturated heterocycles. The molecule has 0 fully saturated rings. The van der Waals surface area contributed by atoms with Crippen LogP contribution < -0.4 is 4.74 Å². The molecule has 1 aliphatic heterocycles. The zero-order chi connectivity index (χ0) is 31.6. The maximum absolute atomic E-state index is 6.61. The highest BCUT2D eigenvalue weighted by Crippen LogP contribution is 2.46. The van der Waals surface area contributed by atoms with Crippen molar-refractivity contribution in [3.63, 3.8) is 0 Å². The van der Waals surface area contributed by atoms with Crippen molar-refractivity contribution in [2.24, 2.45) is 0 Å². The van der Waals surface area contributed by atoms with Gasteiger partial charge in [0, 0.05) is 27.8 Å². The van der Waals surface area contributed by atoms with Gasteiger partial charge in [-0.15, -0.1) is 0 Å². The van der Waals surface area contributed by atoms with Gasteiger partial charge in [0.2, 0.25) is 5.95 Å². The van der Waals surface area contributed by atoms with E-state index in [9.17, 15) is 0 Å². The Morgan fingerprint density at radius 3 is 2.08 bits per heavy atom. The van der Waals surface area contributed by atoms with Crippen molar-refractivity contribution in [1.29, 1.82) is 0 Å². The third-order valence-corrected chi connectivity index (χ3v) is 9.60. The molecule has 2 atom stereocenters. The molecule has 0 saturated carbocycles. The molecule has 10 rings (SSSR count). The second kappa shape index (κ2) is 10.6. The minimum atomic E-state index is -0.0450. The number of hydrogen-bond acceptors (Lipinski definition) is 4. The van der Waals surface area contributed by atoms with E-state index in [1.54, 1.807) is 0 Å². The Kier molecular flexibility index (Phi) is 5.93. The topological polar surface area (TPSA) is 52.8 Å². The number of nitrogens with zero attached hydrogens (tertiary/aromatic N) is 4. The van der Waals surface area contributed by atoms with E-state index in [-0.39, 0.29) is 12.0 Å². The molecule has 2 aromatic heterocycles. The van der Waals surface area contributed by atoms with Gasteiger partial charge in [0.25, 0.3) is 0 Å². The van der Waals surface area contributed by atoms with Crippen LogP contribution in [0.25, 0.3) is 72.4 Å². The maximum atomic E-state index is 6.61. The first-order valence-corrected chi connectivity index (χ1v) is 16.3. The first-order chi connectivity index (χ1) is 23.8. The molecule has 0 amide bonds. The third-order valence-electron chi connectivity index (χ3n) is 9.60. The van der Waals surface area contributed by atoms with Crippen molar-refractivity contribution in [2.45, 2.75) is 12.0 Å². The Balaban J connectivity index is 1.28. The highest BCUT2D eigenvalue weighted by atomic mass is 16.5. The summed E-state index contributed by atoms with van der Waals surface area (Å²) < 4.78 is 8.80. The van der Waals surface area contributed by atoms with Crippen LogP contribution in [-0.4, -0.2) is 25.6 Å². The molecule has 3 heterocycles. The Morgan fingerprint density at radius 2 is 1.21 bits per heavy atom. The fraction of sp³-hybridized carbons (Fsp3) is 0.0465. The normalized spacial score (nSPS) is 16.3. The molecular formula is C43H28N4O. The number of hydrogen-bond donors (Lipinski definition) is 0. The van der Waals surface area contributed by atoms with Crippen molar-refractivity contribution >= 4 is 32.6 Å². The molecule has 8 aromatic rings. The fourth-order valence-electron chi connectivity index (χ4n) is 7.36. The van der Waals surface area contributed by atoms with Gasteiger partial charge in [-0.25, -0.2) is 4.98 Å². The monoisotopic (exact) mass is 616 g/mol. The summed E-state index contributed by atoms with van der Waals surface area (Å²) in [6, 6.07) is 46.6. The Morgan fingerprint density at radius 1 is 0.521 bits per heavy atom. The van der Waals surface area contributed by atoms with Crippen molar-refractivity contribution < 1.29 is 4.74 Å². The Hall–Kier alpha value is -6.33. The van der Waals surface area contributed by atoms with Gasteiger partial charge in [0.1, 0.15) is 11.9 Å². The summed E-state index contributed by atoms with van der Waals surface area (Å²) in [5.41, 5.74) is 7.19. The minimum absolute atomic E-state index is 0.0450. The van der Waals surface area contributed by atoms with Crippen LogP contribution in [0.5, 0.6) is 5.75 Å². The van der Waals surface area contributed by atoms with Crippen molar-refractivity contribution in [3.05, 3.63) is 163 Å². The molecule has 48 heavy (non-hydrogen) atoms. The van der Waals surface area contributed by atoms with Gasteiger partial charge in [-0.05, 0) is 52.2 Å². The van der Waals surface area contributed by atoms with Gasteiger partial charge < -0.3 is 4.74 Å². The van der Waals surface area contributed by atoms with Crippen molar-refractivity contribution in [1.82, 2.24) is 19.5 Å². The molecule has 226 valence electrons. The van der Waals surface area contributed by atoms with Gasteiger partial charge in [-0.3, -0.25) is 4.57 Å². The number of rotatable bonds is 4. The van der Waals surface area contributed by atoms with E-state index in [0.717, 1.165) is 60.8 Å². The number of fused-ring (bicyclic) bond motifs is 7. The van der Waals surface area contributed by atoms with E-state index in [2.05, 4.69) is 150 Å². The zero-order valence-corrected chi connectivity index (χ0v) is 25.9. The summed E-state index contributed by atoms with van der Waals surface area (Å²) in [5.74, 6) is 2.74. The largest absolute Gasteiger partial charge is 0.484 e. The lowest BCUT2D eigenvalue weighted by Crippen LogP contribution is -2.15. The molecule has 0 bridgehead atoms. The van der Waals surface area contributed by atoms with Crippen LogP contribution in [-0.2, 0) is 0 Å². The lowest BCUT2D eigenvalue weighted by atomic mass is 9.91. The molecule has 0 N–H and O–H groups in total. The van der Waals surface area contributed by atoms with E-state index in [0.29, 0.717) is 17.6 Å². The van der Waals surface area contributed by atoms with Gasteiger partial charge in [0.15, 0.2) is 11.6 Å². The number of allylic oxidation sites excluding steroid dienone is 2. The quantitative estimate of drug-likeness (QED) is 0.197. The lowest BCUT2D eigenvalue weighted by molar-refractivity contribution is 0.269. The number of ether oxygens (including phenoxy) is 1. The van der Waals surface area contributed by atoms with Crippen LogP contribution in [0.15, 0.2) is 158 Å². The highest BCUT2D eigenvalue weighted by molar-refractivity contribution is 6.13. The molecule has 5 nitrogen and oxygen atoms in total. The molecule has 1 aliphatic carbocycles. The molecule has 0 spiro atoms. The predicted molar refractivity (Wildman–Crippen MR) is 193 cm³/mol. The van der Waals surface area contributed by atoms with Gasteiger partial charge in [-0.1, -0.05) is 127 Å². The van der Waals surface area contributed by atoms with E-state index in [4.69, 9.17) is 19.7 Å². The van der Waals surface area contributed by atoms with Gasteiger partial charge in [0.05, 0.1) is 16.6 Å². The minimum Gasteiger partial charge on any atom is -0.484 e. The van der Waals surface area contributed by atoms with E-state index < -0.39 is 0 Å². The number of para-hydroxylation sites is 2. The summed E-state index contributed by atoms with van der Waals surface area (Å²) in [6.07, 6.45) is 8.44. The van der Waals surface area contributed by atoms with Gasteiger partial charge in [-0.2, -0.15) is 9.97 Å². The van der Waals surface area contributed by atoms with Gasteiger partial charge >= 0.3 is 0 Å². The van der Waals surface area contributed by atoms with E-state index in [1.807, 2.05) is 12.1 Å². The van der Waals surface area contributed by atoms with Crippen LogP contribution in [0.1, 0.15) is 11.5 Å². The average molecular weight is 617 g/mol. The smallest absolute Gasteiger partial charge is 0.238 e. The average Bonchev–Trinajstić information content (AvgIpc) is 3.69. The summed E-state index contributed by atoms with van der Waals surface area (Å²) >= 11 is 0. The Bertz CT molecular complexity index is 2620. The van der Waals surface area contributed by atoms with Crippen molar-refractivity contribution in [3.8, 4) is 45.6 Å². The van der Waals surface area contributed by atoms with Crippen LogP contribution in [0.4, 0.5) is 0 Å². The molecule has 2 unspecified atom stereocenters. The molecule has 6 aromatic carbocycles. The zero-order valence-electron chi connectivity index (χ0n) is 25.9. The summed E-state index contributed by atoms with van der Waals surface area (Å²) in [4.78, 5) is 15.8. The first-order valence-electron chi connectivity index (χ1n) is 16.3. The summed E-state index contributed by atoms with van der Waals surface area (Å²) in [5, 5.41) is 4.67. The van der Waals surface area contributed by atoms with Crippen LogP contribution in [0.2, 0.25) is 0 Å². The van der Waals surface area contributed by atoms with Crippen LogP contribution >= 0.6 is 0 Å². The van der Waals surface area contributed by atoms with Crippen LogP contribution in [0.3, 0.4) is 0 Å². The highest BCUT2D eigenvalue weighted by Gasteiger charge is 2.34.